The number of carbonyl (C=O) groups excluding carboxylic acids is 1. The number of anilines is 3. The summed E-state index contributed by atoms with van der Waals surface area (Å²) in [5.41, 5.74) is 9.13. The van der Waals surface area contributed by atoms with E-state index in [2.05, 4.69) is 27.5 Å². The molecule has 0 spiro atoms. The Morgan fingerprint density at radius 2 is 1.97 bits per heavy atom. The van der Waals surface area contributed by atoms with Crippen LogP contribution in [0.1, 0.15) is 36.7 Å². The number of halogens is 2. The molecule has 0 fully saturated rings. The number of nitrogen functional groups attached to an aromatic ring is 1. The number of furan rings is 1. The van der Waals surface area contributed by atoms with Crippen LogP contribution in [0.4, 0.5) is 21.6 Å². The summed E-state index contributed by atoms with van der Waals surface area (Å²) in [5.74, 6) is -0.612. The minimum absolute atomic E-state index is 0.00832. The Balaban J connectivity index is 1.65. The standard InChI is InChI=1S/C24H23ClFN5O2/c1-2-3-4-9-30-24(32)19-12-14(7-10-28-19)20-22-16(8-11-29-20)21(23(27)33-22)31-15-5-6-18(26)17(25)13-15/h5-8,10-13,31H,2-4,9,27H2,1H3,(H,30,32). The molecule has 7 nitrogen and oxygen atoms in total. The van der Waals surface area contributed by atoms with Crippen LogP contribution in [0.25, 0.3) is 22.2 Å². The molecule has 1 aromatic carbocycles. The molecule has 0 aliphatic heterocycles. The molecule has 0 aliphatic rings. The van der Waals surface area contributed by atoms with Crippen LogP contribution in [-0.2, 0) is 0 Å². The molecule has 3 aromatic heterocycles. The molecule has 0 bridgehead atoms. The third kappa shape index (κ3) is 4.90. The topological polar surface area (TPSA) is 106 Å². The van der Waals surface area contributed by atoms with Crippen molar-refractivity contribution in [1.82, 2.24) is 15.3 Å². The van der Waals surface area contributed by atoms with Crippen LogP contribution in [0, 0.1) is 5.82 Å². The Kier molecular flexibility index (Phi) is 6.74. The van der Waals surface area contributed by atoms with Gasteiger partial charge >= 0.3 is 0 Å². The third-order valence-corrected chi connectivity index (χ3v) is 5.44. The monoisotopic (exact) mass is 467 g/mol. The van der Waals surface area contributed by atoms with Crippen molar-refractivity contribution in [3.63, 3.8) is 0 Å². The zero-order valence-corrected chi connectivity index (χ0v) is 18.7. The lowest BCUT2D eigenvalue weighted by molar-refractivity contribution is 0.0948. The predicted octanol–water partition coefficient (Wildman–Crippen LogP) is 5.93. The number of fused-ring (bicyclic) bond motifs is 1. The minimum atomic E-state index is -0.512. The summed E-state index contributed by atoms with van der Waals surface area (Å²) in [4.78, 5) is 21.1. The molecule has 9 heteroatoms. The van der Waals surface area contributed by atoms with Gasteiger partial charge in [-0.15, -0.1) is 0 Å². The van der Waals surface area contributed by atoms with Crippen LogP contribution in [0.2, 0.25) is 5.02 Å². The molecule has 33 heavy (non-hydrogen) atoms. The van der Waals surface area contributed by atoms with Crippen molar-refractivity contribution >= 4 is 45.7 Å². The van der Waals surface area contributed by atoms with E-state index in [9.17, 15) is 9.18 Å². The summed E-state index contributed by atoms with van der Waals surface area (Å²) in [5, 5.41) is 6.69. The van der Waals surface area contributed by atoms with Crippen LogP contribution in [0.3, 0.4) is 0 Å². The van der Waals surface area contributed by atoms with Gasteiger partial charge in [-0.2, -0.15) is 0 Å². The molecule has 0 aliphatic carbocycles. The molecular weight excluding hydrogens is 445 g/mol. The van der Waals surface area contributed by atoms with Crippen molar-refractivity contribution in [3.05, 3.63) is 65.3 Å². The molecule has 0 saturated carbocycles. The molecule has 0 radical (unpaired) electrons. The van der Waals surface area contributed by atoms with Crippen molar-refractivity contribution < 1.29 is 13.6 Å². The Morgan fingerprint density at radius 1 is 1.15 bits per heavy atom. The number of nitrogens with one attached hydrogen (secondary N) is 2. The molecule has 0 unspecified atom stereocenters. The Bertz CT molecular complexity index is 1310. The average molecular weight is 468 g/mol. The second kappa shape index (κ2) is 9.87. The largest absolute Gasteiger partial charge is 0.436 e. The summed E-state index contributed by atoms with van der Waals surface area (Å²) < 4.78 is 19.3. The van der Waals surface area contributed by atoms with Crippen molar-refractivity contribution in [2.24, 2.45) is 0 Å². The first kappa shape index (κ1) is 22.5. The quantitative estimate of drug-likeness (QED) is 0.277. The summed E-state index contributed by atoms with van der Waals surface area (Å²) in [6.07, 6.45) is 6.24. The van der Waals surface area contributed by atoms with Crippen molar-refractivity contribution in [3.8, 4) is 11.3 Å². The van der Waals surface area contributed by atoms with Crippen LogP contribution in [0.5, 0.6) is 0 Å². The lowest BCUT2D eigenvalue weighted by atomic mass is 10.1. The molecule has 1 amide bonds. The Hall–Kier alpha value is -3.65. The molecule has 170 valence electrons. The van der Waals surface area contributed by atoms with Crippen LogP contribution >= 0.6 is 11.6 Å². The predicted molar refractivity (Wildman–Crippen MR) is 128 cm³/mol. The number of hydrogen-bond donors (Lipinski definition) is 3. The van der Waals surface area contributed by atoms with E-state index in [1.54, 1.807) is 36.7 Å². The number of benzene rings is 1. The van der Waals surface area contributed by atoms with E-state index in [1.165, 1.54) is 12.1 Å². The number of carbonyl (C=O) groups is 1. The number of unbranched alkanes of at least 4 members (excludes halogenated alkanes) is 2. The second-order valence-corrected chi connectivity index (χ2v) is 7.93. The van der Waals surface area contributed by atoms with E-state index < -0.39 is 5.82 Å². The fourth-order valence-corrected chi connectivity index (χ4v) is 3.64. The van der Waals surface area contributed by atoms with Gasteiger partial charge < -0.3 is 20.8 Å². The first-order chi connectivity index (χ1) is 16.0. The van der Waals surface area contributed by atoms with Gasteiger partial charge in [0.1, 0.15) is 22.9 Å². The van der Waals surface area contributed by atoms with Crippen LogP contribution < -0.4 is 16.4 Å². The number of hydrogen-bond acceptors (Lipinski definition) is 6. The number of nitrogens with zero attached hydrogens (tertiary/aromatic N) is 2. The maximum atomic E-state index is 13.5. The van der Waals surface area contributed by atoms with E-state index in [1.807, 2.05) is 0 Å². The normalized spacial score (nSPS) is 11.0. The van der Waals surface area contributed by atoms with Gasteiger partial charge in [0.2, 0.25) is 5.88 Å². The highest BCUT2D eigenvalue weighted by Gasteiger charge is 2.18. The maximum absolute atomic E-state index is 13.5. The number of amides is 1. The smallest absolute Gasteiger partial charge is 0.269 e. The number of rotatable bonds is 8. The van der Waals surface area contributed by atoms with Crippen molar-refractivity contribution in [1.29, 1.82) is 0 Å². The minimum Gasteiger partial charge on any atom is -0.436 e. The molecule has 3 heterocycles. The zero-order valence-electron chi connectivity index (χ0n) is 18.0. The molecule has 4 N–H and O–H groups in total. The lowest BCUT2D eigenvalue weighted by Crippen LogP contribution is -2.25. The van der Waals surface area contributed by atoms with E-state index in [4.69, 9.17) is 21.8 Å². The van der Waals surface area contributed by atoms with Crippen LogP contribution in [0.15, 0.2) is 53.2 Å². The van der Waals surface area contributed by atoms with Gasteiger partial charge in [-0.1, -0.05) is 31.4 Å². The summed E-state index contributed by atoms with van der Waals surface area (Å²) in [7, 11) is 0. The Labute approximate surface area is 195 Å². The summed E-state index contributed by atoms with van der Waals surface area (Å²) >= 11 is 5.89. The molecular formula is C24H23ClFN5O2. The van der Waals surface area contributed by atoms with Gasteiger partial charge in [-0.3, -0.25) is 14.8 Å². The number of aromatic nitrogens is 2. The van der Waals surface area contributed by atoms with Gasteiger partial charge in [0.05, 0.1) is 10.4 Å². The first-order valence-electron chi connectivity index (χ1n) is 10.6. The van der Waals surface area contributed by atoms with Gasteiger partial charge in [-0.25, -0.2) is 4.39 Å². The molecule has 0 atom stereocenters. The van der Waals surface area contributed by atoms with Crippen molar-refractivity contribution in [2.75, 3.05) is 17.6 Å². The zero-order chi connectivity index (χ0) is 23.4. The highest BCUT2D eigenvalue weighted by molar-refractivity contribution is 6.31. The van der Waals surface area contributed by atoms with E-state index in [0.717, 1.165) is 19.3 Å². The van der Waals surface area contributed by atoms with Crippen LogP contribution in [-0.4, -0.2) is 22.4 Å². The maximum Gasteiger partial charge on any atom is 0.269 e. The molecule has 4 aromatic rings. The summed E-state index contributed by atoms with van der Waals surface area (Å²) in [6.45, 7) is 2.71. The van der Waals surface area contributed by atoms with Crippen molar-refractivity contribution in [2.45, 2.75) is 26.2 Å². The van der Waals surface area contributed by atoms with Gasteiger partial charge in [0, 0.05) is 30.2 Å². The fraction of sp³-hybridized carbons (Fsp3) is 0.208. The lowest BCUT2D eigenvalue weighted by Gasteiger charge is -2.07. The Morgan fingerprint density at radius 3 is 2.76 bits per heavy atom. The highest BCUT2D eigenvalue weighted by Crippen LogP contribution is 2.39. The second-order valence-electron chi connectivity index (χ2n) is 7.52. The van der Waals surface area contributed by atoms with Gasteiger partial charge in [0.25, 0.3) is 5.91 Å². The number of pyridine rings is 2. The average Bonchev–Trinajstić information content (AvgIpc) is 3.14. The summed E-state index contributed by atoms with van der Waals surface area (Å²) in [6, 6.07) is 9.46. The first-order valence-corrected chi connectivity index (χ1v) is 11.0. The molecule has 0 saturated heterocycles. The highest BCUT2D eigenvalue weighted by atomic mass is 35.5. The van der Waals surface area contributed by atoms with Gasteiger partial charge in [0.15, 0.2) is 5.58 Å². The molecule has 4 rings (SSSR count). The van der Waals surface area contributed by atoms with Gasteiger partial charge in [-0.05, 0) is 42.8 Å². The van der Waals surface area contributed by atoms with E-state index >= 15 is 0 Å². The van der Waals surface area contributed by atoms with E-state index in [0.29, 0.717) is 45.8 Å². The SMILES string of the molecule is CCCCCNC(=O)c1cc(-c2nccc3c(Nc4ccc(F)c(Cl)c4)c(N)oc23)ccn1. The number of nitrogens with two attached hydrogens (primary N) is 1. The fourth-order valence-electron chi connectivity index (χ4n) is 3.46. The third-order valence-electron chi connectivity index (χ3n) is 5.15. The van der Waals surface area contributed by atoms with E-state index in [-0.39, 0.29) is 16.8 Å².